The maximum Gasteiger partial charge on any atom is 0.255 e. The molecule has 0 aliphatic heterocycles. The second-order valence-corrected chi connectivity index (χ2v) is 10.4. The van der Waals surface area contributed by atoms with Crippen LogP contribution in [0.15, 0.2) is 40.8 Å². The third-order valence-electron chi connectivity index (χ3n) is 5.91. The molecule has 0 atom stereocenters. The zero-order valence-electron chi connectivity index (χ0n) is 19.4. The van der Waals surface area contributed by atoms with E-state index in [0.717, 1.165) is 24.7 Å². The molecule has 9 nitrogen and oxygen atoms in total. The second-order valence-electron chi connectivity index (χ2n) is 8.46. The molecule has 186 valence electrons. The molecular formula is C24H27FN4O5S. The monoisotopic (exact) mass is 502 g/mol. The molecule has 0 bridgehead atoms. The van der Waals surface area contributed by atoms with Crippen molar-refractivity contribution in [1.29, 1.82) is 0 Å². The minimum Gasteiger partial charge on any atom is -0.455 e. The van der Waals surface area contributed by atoms with Gasteiger partial charge in [0.1, 0.15) is 17.2 Å². The van der Waals surface area contributed by atoms with Crippen molar-refractivity contribution in [1.82, 2.24) is 10.6 Å². The van der Waals surface area contributed by atoms with Gasteiger partial charge in [-0.15, -0.1) is 0 Å². The van der Waals surface area contributed by atoms with E-state index in [1.165, 1.54) is 35.6 Å². The van der Waals surface area contributed by atoms with Crippen LogP contribution in [-0.4, -0.2) is 53.2 Å². The van der Waals surface area contributed by atoms with Crippen LogP contribution < -0.4 is 20.7 Å². The minimum absolute atomic E-state index is 0.00360. The Hall–Kier alpha value is -3.44. The van der Waals surface area contributed by atoms with Crippen LogP contribution in [0.1, 0.15) is 34.7 Å². The molecule has 1 aliphatic rings. The number of benzene rings is 2. The molecule has 4 rings (SSSR count). The maximum absolute atomic E-state index is 13.5. The van der Waals surface area contributed by atoms with E-state index in [1.54, 1.807) is 12.1 Å². The van der Waals surface area contributed by atoms with Gasteiger partial charge in [0, 0.05) is 30.6 Å². The lowest BCUT2D eigenvalue weighted by atomic mass is 10.0. The number of nitrogens with one attached hydrogen (secondary N) is 2. The Bertz CT molecular complexity index is 1380. The van der Waals surface area contributed by atoms with Crippen molar-refractivity contribution in [2.24, 2.45) is 5.73 Å². The van der Waals surface area contributed by atoms with Gasteiger partial charge in [0.05, 0.1) is 30.6 Å². The first-order chi connectivity index (χ1) is 16.6. The highest BCUT2D eigenvalue weighted by Crippen LogP contribution is 2.48. The van der Waals surface area contributed by atoms with Crippen LogP contribution in [0.5, 0.6) is 0 Å². The van der Waals surface area contributed by atoms with Crippen molar-refractivity contribution in [2.75, 3.05) is 37.2 Å². The summed E-state index contributed by atoms with van der Waals surface area (Å²) in [7, 11) is -2.21. The van der Waals surface area contributed by atoms with Gasteiger partial charge in [-0.1, -0.05) is 0 Å². The number of furan rings is 1. The quantitative estimate of drug-likeness (QED) is 0.411. The number of rotatable bonds is 9. The Kier molecular flexibility index (Phi) is 6.82. The summed E-state index contributed by atoms with van der Waals surface area (Å²) in [4.78, 5) is 24.4. The molecule has 0 spiro atoms. The maximum atomic E-state index is 13.5. The third-order valence-corrected chi connectivity index (χ3v) is 7.09. The number of nitrogens with zero attached hydrogens (tertiary/aromatic N) is 1. The predicted molar refractivity (Wildman–Crippen MR) is 131 cm³/mol. The lowest BCUT2D eigenvalue weighted by Gasteiger charge is -2.25. The van der Waals surface area contributed by atoms with E-state index in [1.807, 2.05) is 0 Å². The lowest BCUT2D eigenvalue weighted by molar-refractivity contribution is -0.119. The van der Waals surface area contributed by atoms with Gasteiger partial charge in [-0.3, -0.25) is 13.9 Å². The van der Waals surface area contributed by atoms with E-state index in [9.17, 15) is 22.4 Å². The SMILES string of the molecule is CNC(=O)c1c(-c2ccc(F)cc2)oc2cc(N(CCNC(=O)CN)S(C)(=O)=O)c(C3CC3)cc12. The van der Waals surface area contributed by atoms with Crippen LogP contribution in [-0.2, 0) is 14.8 Å². The standard InChI is InChI=1S/C24H27FN4O5S/c1-27-24(31)22-18-11-17(14-3-4-14)19(29(35(2,32)33)10-9-28-21(30)13-26)12-20(18)34-23(22)15-5-7-16(25)8-6-15/h5-8,11-12,14H,3-4,9-10,13,26H2,1-2H3,(H,27,31)(H,28,30). The van der Waals surface area contributed by atoms with E-state index in [2.05, 4.69) is 10.6 Å². The molecule has 2 amide bonds. The number of anilines is 1. The number of carbonyl (C=O) groups excluding carboxylic acids is 2. The molecule has 1 heterocycles. The molecular weight excluding hydrogens is 475 g/mol. The average Bonchev–Trinajstić information content (AvgIpc) is 3.60. The second kappa shape index (κ2) is 9.67. The summed E-state index contributed by atoms with van der Waals surface area (Å²) in [5.74, 6) is -0.780. The first-order valence-electron chi connectivity index (χ1n) is 11.2. The zero-order chi connectivity index (χ0) is 25.3. The highest BCUT2D eigenvalue weighted by Gasteiger charge is 2.33. The highest BCUT2D eigenvalue weighted by molar-refractivity contribution is 7.92. The van der Waals surface area contributed by atoms with Crippen molar-refractivity contribution < 1.29 is 26.8 Å². The molecule has 3 aromatic rings. The summed E-state index contributed by atoms with van der Waals surface area (Å²) in [6.07, 6.45) is 2.87. The molecule has 4 N–H and O–H groups in total. The highest BCUT2D eigenvalue weighted by atomic mass is 32.2. The molecule has 1 aromatic heterocycles. The lowest BCUT2D eigenvalue weighted by Crippen LogP contribution is -2.40. The van der Waals surface area contributed by atoms with Gasteiger partial charge in [0.2, 0.25) is 15.9 Å². The Balaban J connectivity index is 1.88. The molecule has 11 heteroatoms. The number of halogens is 1. The molecule has 35 heavy (non-hydrogen) atoms. The van der Waals surface area contributed by atoms with Gasteiger partial charge >= 0.3 is 0 Å². The van der Waals surface area contributed by atoms with Gasteiger partial charge in [-0.05, 0) is 54.7 Å². The fraction of sp³-hybridized carbons (Fsp3) is 0.333. The number of amides is 2. The minimum atomic E-state index is -3.71. The number of nitrogens with two attached hydrogens (primary N) is 1. The van der Waals surface area contributed by atoms with Gasteiger partial charge in [-0.2, -0.15) is 0 Å². The number of hydrogen-bond donors (Lipinski definition) is 3. The third kappa shape index (κ3) is 5.15. The molecule has 1 fully saturated rings. The smallest absolute Gasteiger partial charge is 0.255 e. The number of sulfonamides is 1. The number of hydrogen-bond acceptors (Lipinski definition) is 6. The topological polar surface area (TPSA) is 135 Å². The van der Waals surface area contributed by atoms with Gasteiger partial charge < -0.3 is 20.8 Å². The summed E-state index contributed by atoms with van der Waals surface area (Å²) in [5, 5.41) is 5.75. The van der Waals surface area contributed by atoms with Crippen molar-refractivity contribution in [3.05, 3.63) is 53.3 Å². The van der Waals surface area contributed by atoms with Crippen LogP contribution in [0.2, 0.25) is 0 Å². The number of carbonyl (C=O) groups is 2. The summed E-state index contributed by atoms with van der Waals surface area (Å²) in [6, 6.07) is 9.01. The van der Waals surface area contributed by atoms with Gasteiger partial charge in [0.15, 0.2) is 0 Å². The molecule has 1 saturated carbocycles. The van der Waals surface area contributed by atoms with Gasteiger partial charge in [0.25, 0.3) is 5.91 Å². The molecule has 0 saturated heterocycles. The fourth-order valence-corrected chi connectivity index (χ4v) is 5.01. The molecule has 0 unspecified atom stereocenters. The summed E-state index contributed by atoms with van der Waals surface area (Å²) < 4.78 is 46.3. The first-order valence-corrected chi connectivity index (χ1v) is 13.0. The predicted octanol–water partition coefficient (Wildman–Crippen LogP) is 2.32. The summed E-state index contributed by atoms with van der Waals surface area (Å²) >= 11 is 0. The van der Waals surface area contributed by atoms with Crippen LogP contribution in [0.4, 0.5) is 10.1 Å². The van der Waals surface area contributed by atoms with Crippen molar-refractivity contribution in [3.63, 3.8) is 0 Å². The summed E-state index contributed by atoms with van der Waals surface area (Å²) in [5.41, 5.74) is 7.67. The first kappa shape index (κ1) is 24.7. The molecule has 0 radical (unpaired) electrons. The van der Waals surface area contributed by atoms with Crippen LogP contribution in [0, 0.1) is 5.82 Å². The van der Waals surface area contributed by atoms with E-state index in [-0.39, 0.29) is 43.1 Å². The Morgan fingerprint density at radius 2 is 1.89 bits per heavy atom. The van der Waals surface area contributed by atoms with Crippen molar-refractivity contribution in [3.8, 4) is 11.3 Å². The largest absolute Gasteiger partial charge is 0.455 e. The number of fused-ring (bicyclic) bond motifs is 1. The fourth-order valence-electron chi connectivity index (χ4n) is 4.08. The van der Waals surface area contributed by atoms with Crippen molar-refractivity contribution >= 4 is 38.5 Å². The van der Waals surface area contributed by atoms with Crippen LogP contribution >= 0.6 is 0 Å². The average molecular weight is 503 g/mol. The Labute approximate surface area is 202 Å². The van der Waals surface area contributed by atoms with Gasteiger partial charge in [-0.25, -0.2) is 12.8 Å². The summed E-state index contributed by atoms with van der Waals surface area (Å²) in [6.45, 7) is -0.115. The Morgan fingerprint density at radius 3 is 2.46 bits per heavy atom. The van der Waals surface area contributed by atoms with E-state index < -0.39 is 15.8 Å². The normalized spacial score (nSPS) is 13.6. The van der Waals surface area contributed by atoms with Crippen LogP contribution in [0.25, 0.3) is 22.3 Å². The molecule has 1 aliphatic carbocycles. The van der Waals surface area contributed by atoms with Crippen molar-refractivity contribution in [2.45, 2.75) is 18.8 Å². The zero-order valence-corrected chi connectivity index (χ0v) is 20.2. The molecule has 2 aromatic carbocycles. The van der Waals surface area contributed by atoms with Crippen LogP contribution in [0.3, 0.4) is 0 Å². The van der Waals surface area contributed by atoms with E-state index in [0.29, 0.717) is 27.8 Å². The Morgan fingerprint density at radius 1 is 1.20 bits per heavy atom. The van der Waals surface area contributed by atoms with E-state index >= 15 is 0 Å². The van der Waals surface area contributed by atoms with E-state index in [4.69, 9.17) is 10.2 Å².